The number of anilines is 1. The van der Waals surface area contributed by atoms with E-state index in [0.717, 1.165) is 33.7 Å². The predicted octanol–water partition coefficient (Wildman–Crippen LogP) is 5.07. The molecule has 10 heteroatoms. The number of nitrogens with one attached hydrogen (secondary N) is 1. The van der Waals surface area contributed by atoms with Gasteiger partial charge in [0.15, 0.2) is 0 Å². The zero-order valence-electron chi connectivity index (χ0n) is 18.1. The van der Waals surface area contributed by atoms with Crippen molar-refractivity contribution in [3.8, 4) is 22.3 Å². The molecular weight excluding hydrogens is 466 g/mol. The molecule has 2 aromatic carbocycles. The Morgan fingerprint density at radius 1 is 0.800 bits per heavy atom. The molecule has 0 bridgehead atoms. The summed E-state index contributed by atoms with van der Waals surface area (Å²) in [4.78, 5) is 22.9. The summed E-state index contributed by atoms with van der Waals surface area (Å²) in [5.41, 5.74) is 4.25. The van der Waals surface area contributed by atoms with Crippen LogP contribution in [-0.4, -0.2) is 28.3 Å². The molecule has 0 radical (unpaired) electrons. The molecule has 0 unspecified atom stereocenters. The van der Waals surface area contributed by atoms with E-state index < -0.39 is 14.9 Å². The molecule has 0 spiro atoms. The lowest BCUT2D eigenvalue weighted by molar-refractivity contribution is -0.385. The summed E-state index contributed by atoms with van der Waals surface area (Å²) in [6.45, 7) is 0. The van der Waals surface area contributed by atoms with Gasteiger partial charge in [-0.2, -0.15) is 0 Å². The van der Waals surface area contributed by atoms with Crippen LogP contribution in [0.4, 0.5) is 11.4 Å². The lowest BCUT2D eigenvalue weighted by atomic mass is 9.98. The highest BCUT2D eigenvalue weighted by Gasteiger charge is 2.18. The second-order valence-corrected chi connectivity index (χ2v) is 9.33. The number of nitro groups is 1. The molecule has 0 saturated carbocycles. The van der Waals surface area contributed by atoms with E-state index in [2.05, 4.69) is 19.7 Å². The van der Waals surface area contributed by atoms with Crippen molar-refractivity contribution >= 4 is 32.3 Å². The Morgan fingerprint density at radius 3 is 2.43 bits per heavy atom. The topological polar surface area (TPSA) is 128 Å². The molecule has 35 heavy (non-hydrogen) atoms. The number of benzene rings is 2. The lowest BCUT2D eigenvalue weighted by Crippen LogP contribution is -2.13. The van der Waals surface area contributed by atoms with Crippen LogP contribution in [-0.2, 0) is 10.0 Å². The number of aromatic nitrogens is 3. The largest absolute Gasteiger partial charge is 0.278 e. The Morgan fingerprint density at radius 2 is 1.63 bits per heavy atom. The van der Waals surface area contributed by atoms with Gasteiger partial charge in [-0.25, -0.2) is 8.42 Å². The first-order valence-electron chi connectivity index (χ1n) is 10.4. The highest BCUT2D eigenvalue weighted by molar-refractivity contribution is 7.92. The summed E-state index contributed by atoms with van der Waals surface area (Å²) >= 11 is 0. The molecule has 0 aliphatic heterocycles. The number of non-ortho nitro benzene ring substituents is 1. The smallest absolute Gasteiger partial charge is 0.270 e. The van der Waals surface area contributed by atoms with E-state index in [1.54, 1.807) is 30.9 Å². The molecule has 9 nitrogen and oxygen atoms in total. The van der Waals surface area contributed by atoms with Gasteiger partial charge in [0.05, 0.1) is 27.2 Å². The maximum atomic E-state index is 12.8. The zero-order valence-corrected chi connectivity index (χ0v) is 18.9. The number of nitrogens with zero attached hydrogens (tertiary/aromatic N) is 4. The van der Waals surface area contributed by atoms with E-state index in [4.69, 9.17) is 0 Å². The minimum atomic E-state index is -4.06. The normalized spacial score (nSPS) is 11.3. The Labute approximate surface area is 200 Å². The van der Waals surface area contributed by atoms with Crippen molar-refractivity contribution in [2.45, 2.75) is 4.90 Å². The standard InChI is InChI=1S/C25H17N5O4S/c31-30(32)21-2-1-3-22(14-21)35(33,34)29-20-12-19(15-27-16-20)18-4-5-25-24(13-18)23(8-11-28-25)17-6-9-26-10-7-17/h1-16,29H. The van der Waals surface area contributed by atoms with Gasteiger partial charge in [0, 0.05) is 47.9 Å². The first-order valence-corrected chi connectivity index (χ1v) is 11.9. The fourth-order valence-electron chi connectivity index (χ4n) is 3.74. The Balaban J connectivity index is 1.51. The van der Waals surface area contributed by atoms with E-state index in [1.807, 2.05) is 36.4 Å². The Kier molecular flexibility index (Phi) is 5.63. The van der Waals surface area contributed by atoms with Crippen LogP contribution in [0.5, 0.6) is 0 Å². The summed E-state index contributed by atoms with van der Waals surface area (Å²) in [6.07, 6.45) is 8.22. The molecule has 0 aliphatic rings. The first-order chi connectivity index (χ1) is 16.9. The summed E-state index contributed by atoms with van der Waals surface area (Å²) in [7, 11) is -4.06. The van der Waals surface area contributed by atoms with Crippen LogP contribution >= 0.6 is 0 Å². The predicted molar refractivity (Wildman–Crippen MR) is 132 cm³/mol. The van der Waals surface area contributed by atoms with Gasteiger partial charge < -0.3 is 0 Å². The second-order valence-electron chi connectivity index (χ2n) is 7.65. The van der Waals surface area contributed by atoms with Crippen LogP contribution in [0.1, 0.15) is 0 Å². The summed E-state index contributed by atoms with van der Waals surface area (Å²) < 4.78 is 28.1. The molecule has 172 valence electrons. The third-order valence-electron chi connectivity index (χ3n) is 5.40. The van der Waals surface area contributed by atoms with Gasteiger partial charge in [-0.1, -0.05) is 12.1 Å². The summed E-state index contributed by atoms with van der Waals surface area (Å²) in [6, 6.07) is 18.1. The Hall–Kier alpha value is -4.70. The molecule has 5 aromatic rings. The molecule has 0 amide bonds. The van der Waals surface area contributed by atoms with E-state index in [9.17, 15) is 18.5 Å². The number of nitro benzene ring substituents is 1. The molecule has 5 rings (SSSR count). The monoisotopic (exact) mass is 483 g/mol. The number of fused-ring (bicyclic) bond motifs is 1. The van der Waals surface area contributed by atoms with Crippen LogP contribution in [0, 0.1) is 10.1 Å². The molecule has 0 aliphatic carbocycles. The van der Waals surface area contributed by atoms with Gasteiger partial charge >= 0.3 is 0 Å². The van der Waals surface area contributed by atoms with Crippen molar-refractivity contribution < 1.29 is 13.3 Å². The fourth-order valence-corrected chi connectivity index (χ4v) is 4.81. The number of sulfonamides is 1. The van der Waals surface area contributed by atoms with Gasteiger partial charge in [-0.15, -0.1) is 0 Å². The van der Waals surface area contributed by atoms with Gasteiger partial charge in [0.1, 0.15) is 0 Å². The molecule has 3 aromatic heterocycles. The maximum absolute atomic E-state index is 12.8. The molecular formula is C25H17N5O4S. The summed E-state index contributed by atoms with van der Waals surface area (Å²) in [5, 5.41) is 11.9. The van der Waals surface area contributed by atoms with E-state index >= 15 is 0 Å². The number of hydrogen-bond donors (Lipinski definition) is 1. The average molecular weight is 484 g/mol. The van der Waals surface area contributed by atoms with Crippen LogP contribution in [0.3, 0.4) is 0 Å². The minimum Gasteiger partial charge on any atom is -0.278 e. The third kappa shape index (κ3) is 4.55. The third-order valence-corrected chi connectivity index (χ3v) is 6.77. The fraction of sp³-hybridized carbons (Fsp3) is 0. The first kappa shape index (κ1) is 22.1. The van der Waals surface area contributed by atoms with Crippen LogP contribution in [0.25, 0.3) is 33.2 Å². The van der Waals surface area contributed by atoms with Gasteiger partial charge in [0.25, 0.3) is 15.7 Å². The molecule has 0 atom stereocenters. The van der Waals surface area contributed by atoms with Crippen molar-refractivity contribution in [3.63, 3.8) is 0 Å². The quantitative estimate of drug-likeness (QED) is 0.264. The highest BCUT2D eigenvalue weighted by Crippen LogP contribution is 2.31. The van der Waals surface area contributed by atoms with Crippen LogP contribution < -0.4 is 4.72 Å². The number of hydrogen-bond acceptors (Lipinski definition) is 7. The van der Waals surface area contributed by atoms with Crippen molar-refractivity contribution in [2.24, 2.45) is 0 Å². The Bertz CT molecular complexity index is 1670. The molecule has 0 fully saturated rings. The summed E-state index contributed by atoms with van der Waals surface area (Å²) in [5.74, 6) is 0. The lowest BCUT2D eigenvalue weighted by Gasteiger charge is -2.11. The van der Waals surface area contributed by atoms with E-state index in [0.29, 0.717) is 5.56 Å². The minimum absolute atomic E-state index is 0.212. The molecule has 0 saturated heterocycles. The van der Waals surface area contributed by atoms with E-state index in [1.165, 1.54) is 24.4 Å². The molecule has 3 heterocycles. The van der Waals surface area contributed by atoms with Gasteiger partial charge in [-0.3, -0.25) is 29.8 Å². The van der Waals surface area contributed by atoms with Crippen LogP contribution in [0.2, 0.25) is 0 Å². The van der Waals surface area contributed by atoms with Crippen LogP contribution in [0.15, 0.2) is 103 Å². The second kappa shape index (κ2) is 8.92. The molecule has 1 N–H and O–H groups in total. The van der Waals surface area contributed by atoms with Gasteiger partial charge in [0.2, 0.25) is 0 Å². The zero-order chi connectivity index (χ0) is 24.4. The average Bonchev–Trinajstić information content (AvgIpc) is 2.88. The number of rotatable bonds is 6. The van der Waals surface area contributed by atoms with Crippen molar-refractivity contribution in [1.82, 2.24) is 15.0 Å². The van der Waals surface area contributed by atoms with Crippen molar-refractivity contribution in [3.05, 3.63) is 108 Å². The van der Waals surface area contributed by atoms with Crippen molar-refractivity contribution in [1.29, 1.82) is 0 Å². The number of pyridine rings is 3. The maximum Gasteiger partial charge on any atom is 0.270 e. The SMILES string of the molecule is O=[N+]([O-])c1cccc(S(=O)(=O)Nc2cncc(-c3ccc4nccc(-c5ccncc5)c4c3)c2)c1. The van der Waals surface area contributed by atoms with E-state index in [-0.39, 0.29) is 16.3 Å². The highest BCUT2D eigenvalue weighted by atomic mass is 32.2. The van der Waals surface area contributed by atoms with Gasteiger partial charge in [-0.05, 0) is 59.2 Å². The van der Waals surface area contributed by atoms with Crippen molar-refractivity contribution in [2.75, 3.05) is 4.72 Å².